The van der Waals surface area contributed by atoms with Gasteiger partial charge in [-0.2, -0.15) is 0 Å². The molecule has 0 radical (unpaired) electrons. The molecule has 9 rings (SSSR count). The van der Waals surface area contributed by atoms with Gasteiger partial charge in [-0.05, 0) is 48.5 Å². The summed E-state index contributed by atoms with van der Waals surface area (Å²) < 4.78 is 18.2. The lowest BCUT2D eigenvalue weighted by atomic mass is 9.74. The maximum Gasteiger partial charge on any atom is 0.145 e. The number of imidazole rings is 1. The van der Waals surface area contributed by atoms with Crippen molar-refractivity contribution < 1.29 is 9.47 Å². The van der Waals surface area contributed by atoms with Crippen molar-refractivity contribution in [3.8, 4) is 40.2 Å². The molecule has 3 aromatic heterocycles. The Morgan fingerprint density at radius 2 is 1.52 bits per heavy atom. The van der Waals surface area contributed by atoms with Gasteiger partial charge in [-0.25, -0.2) is 9.97 Å². The molecule has 0 aliphatic carbocycles. The van der Waals surface area contributed by atoms with Crippen LogP contribution in [0.1, 0.15) is 25.0 Å². The third-order valence-corrected chi connectivity index (χ3v) is 9.26. The number of ether oxygens (including phenoxy) is 2. The highest BCUT2D eigenvalue weighted by Gasteiger charge is 2.39. The van der Waals surface area contributed by atoms with E-state index in [4.69, 9.17) is 19.4 Å². The summed E-state index contributed by atoms with van der Waals surface area (Å²) >= 11 is 0. The van der Waals surface area contributed by atoms with Gasteiger partial charge < -0.3 is 14.0 Å². The number of para-hydroxylation sites is 4. The largest absolute Gasteiger partial charge is 0.457 e. The normalized spacial score (nSPS) is 13.5. The molecule has 1 aliphatic heterocycles. The van der Waals surface area contributed by atoms with Gasteiger partial charge >= 0.3 is 0 Å². The van der Waals surface area contributed by atoms with Gasteiger partial charge in [0.2, 0.25) is 0 Å². The zero-order valence-electron chi connectivity index (χ0n) is 25.7. The Labute approximate surface area is 266 Å². The van der Waals surface area contributed by atoms with Gasteiger partial charge in [0.25, 0.3) is 0 Å². The van der Waals surface area contributed by atoms with Crippen LogP contribution in [-0.4, -0.2) is 19.1 Å². The molecule has 8 aromatic rings. The average Bonchev–Trinajstić information content (AvgIpc) is 3.60. The summed E-state index contributed by atoms with van der Waals surface area (Å²) in [6.07, 6.45) is 1.83. The van der Waals surface area contributed by atoms with Crippen LogP contribution in [0.2, 0.25) is 0 Å². The van der Waals surface area contributed by atoms with Crippen molar-refractivity contribution in [2.45, 2.75) is 19.3 Å². The van der Waals surface area contributed by atoms with Crippen LogP contribution < -0.4 is 9.47 Å². The fraction of sp³-hybridized carbons (Fsp3) is 0.100. The first-order valence-electron chi connectivity index (χ1n) is 15.5. The molecule has 0 fully saturated rings. The lowest BCUT2D eigenvalue weighted by Crippen LogP contribution is -2.25. The molecule has 0 amide bonds. The van der Waals surface area contributed by atoms with Crippen molar-refractivity contribution in [3.63, 3.8) is 0 Å². The Morgan fingerprint density at radius 3 is 2.37 bits per heavy atom. The fourth-order valence-corrected chi connectivity index (χ4v) is 7.12. The van der Waals surface area contributed by atoms with Gasteiger partial charge in [0.1, 0.15) is 34.6 Å². The molecule has 0 unspecified atom stereocenters. The number of rotatable bonds is 4. The van der Waals surface area contributed by atoms with Gasteiger partial charge in [0.15, 0.2) is 0 Å². The molecular formula is C40H30N4O2. The highest BCUT2D eigenvalue weighted by molar-refractivity contribution is 6.13. The number of fused-ring (bicyclic) bond motifs is 7. The molecule has 6 heteroatoms. The number of pyridine rings is 1. The third kappa shape index (κ3) is 3.83. The predicted molar refractivity (Wildman–Crippen MR) is 183 cm³/mol. The number of hydrogen-bond donors (Lipinski definition) is 0. The maximum absolute atomic E-state index is 6.95. The van der Waals surface area contributed by atoms with E-state index in [0.717, 1.165) is 84.2 Å². The van der Waals surface area contributed by atoms with E-state index >= 15 is 0 Å². The molecule has 0 N–H and O–H groups in total. The van der Waals surface area contributed by atoms with Crippen molar-refractivity contribution in [3.05, 3.63) is 139 Å². The number of benzene rings is 5. The van der Waals surface area contributed by atoms with Crippen molar-refractivity contribution in [1.29, 1.82) is 0 Å². The van der Waals surface area contributed by atoms with Gasteiger partial charge in [-0.3, -0.25) is 4.57 Å². The van der Waals surface area contributed by atoms with Gasteiger partial charge in [0, 0.05) is 46.8 Å². The predicted octanol–water partition coefficient (Wildman–Crippen LogP) is 9.96. The van der Waals surface area contributed by atoms with Crippen LogP contribution in [0.5, 0.6) is 23.0 Å². The number of aryl methyl sites for hydroxylation is 1. The van der Waals surface area contributed by atoms with Crippen LogP contribution in [0.15, 0.2) is 128 Å². The summed E-state index contributed by atoms with van der Waals surface area (Å²) in [5, 5.41) is 2.14. The second-order valence-corrected chi connectivity index (χ2v) is 12.3. The van der Waals surface area contributed by atoms with Gasteiger partial charge in [-0.1, -0.05) is 80.6 Å². The van der Waals surface area contributed by atoms with Crippen molar-refractivity contribution in [2.24, 2.45) is 7.05 Å². The van der Waals surface area contributed by atoms with Gasteiger partial charge in [-0.15, -0.1) is 0 Å². The number of nitrogens with zero attached hydrogens (tertiary/aromatic N) is 4. The fourth-order valence-electron chi connectivity index (χ4n) is 7.12. The molecule has 1 aliphatic rings. The lowest BCUT2D eigenvalue weighted by Gasteiger charge is -2.36. The molecule has 0 saturated carbocycles. The molecule has 46 heavy (non-hydrogen) atoms. The Bertz CT molecular complexity index is 2470. The number of aromatic nitrogens is 4. The van der Waals surface area contributed by atoms with E-state index < -0.39 is 5.41 Å². The summed E-state index contributed by atoms with van der Waals surface area (Å²) in [4.78, 5) is 9.69. The summed E-state index contributed by atoms with van der Waals surface area (Å²) in [7, 11) is 2.05. The van der Waals surface area contributed by atoms with Crippen LogP contribution in [0, 0.1) is 0 Å². The Hall–Kier alpha value is -5.88. The van der Waals surface area contributed by atoms with Gasteiger partial charge in [0.05, 0.1) is 27.5 Å². The molecule has 5 aromatic carbocycles. The highest BCUT2D eigenvalue weighted by atomic mass is 16.5. The van der Waals surface area contributed by atoms with E-state index in [0.29, 0.717) is 0 Å². The molecule has 6 nitrogen and oxygen atoms in total. The quantitative estimate of drug-likeness (QED) is 0.202. The van der Waals surface area contributed by atoms with Crippen LogP contribution in [0.3, 0.4) is 0 Å². The Balaban J connectivity index is 1.30. The topological polar surface area (TPSA) is 54.1 Å². The summed E-state index contributed by atoms with van der Waals surface area (Å²) in [6.45, 7) is 4.50. The smallest absolute Gasteiger partial charge is 0.145 e. The van der Waals surface area contributed by atoms with Crippen molar-refractivity contribution >= 4 is 32.8 Å². The zero-order chi connectivity index (χ0) is 31.0. The Morgan fingerprint density at radius 1 is 0.739 bits per heavy atom. The highest BCUT2D eigenvalue weighted by Crippen LogP contribution is 2.56. The van der Waals surface area contributed by atoms with Crippen molar-refractivity contribution in [2.75, 3.05) is 0 Å². The molecule has 0 atom stereocenters. The van der Waals surface area contributed by atoms with E-state index in [2.05, 4.69) is 96.8 Å². The summed E-state index contributed by atoms with van der Waals surface area (Å²) in [6, 6.07) is 41.3. The second-order valence-electron chi connectivity index (χ2n) is 12.3. The summed E-state index contributed by atoms with van der Waals surface area (Å²) in [5.41, 5.74) is 6.78. The first kappa shape index (κ1) is 26.5. The standard InChI is InChI=1S/C40H30N4O2/c1-40(2)28-16-5-9-20-33(28)46-38-36-27-15-4-7-18-30(27)44(35-21-10-11-22-41-35)32(36)24-34(37(38)40)45-26-14-12-13-25(23-26)39-42-29-17-6-8-19-31(29)43(39)3/h4-24H,1-3H3. The van der Waals surface area contributed by atoms with E-state index in [1.165, 1.54) is 0 Å². The zero-order valence-corrected chi connectivity index (χ0v) is 25.7. The second kappa shape index (κ2) is 9.81. The van der Waals surface area contributed by atoms with E-state index in [1.807, 2.05) is 60.8 Å². The van der Waals surface area contributed by atoms with E-state index in [9.17, 15) is 0 Å². The third-order valence-electron chi connectivity index (χ3n) is 9.26. The monoisotopic (exact) mass is 598 g/mol. The first-order chi connectivity index (χ1) is 22.5. The van der Waals surface area contributed by atoms with E-state index in [1.54, 1.807) is 0 Å². The molecule has 0 saturated heterocycles. The van der Waals surface area contributed by atoms with Crippen LogP contribution >= 0.6 is 0 Å². The molecule has 4 heterocycles. The Kier molecular flexibility index (Phi) is 5.66. The molecule has 222 valence electrons. The minimum Gasteiger partial charge on any atom is -0.457 e. The number of hydrogen-bond acceptors (Lipinski definition) is 4. The lowest BCUT2D eigenvalue weighted by molar-refractivity contribution is 0.400. The van der Waals surface area contributed by atoms with Crippen molar-refractivity contribution in [1.82, 2.24) is 19.1 Å². The summed E-state index contributed by atoms with van der Waals surface area (Å²) in [5.74, 6) is 4.85. The van der Waals surface area contributed by atoms with E-state index in [-0.39, 0.29) is 0 Å². The first-order valence-corrected chi connectivity index (χ1v) is 15.5. The molecular weight excluding hydrogens is 568 g/mol. The SMILES string of the molecule is Cn1c(-c2cccc(Oc3cc4c(c5c3C(C)(C)c3ccccc3O5)c3ccccc3n4-c3ccccn3)c2)nc2ccccc21. The van der Waals surface area contributed by atoms with Crippen LogP contribution in [0.25, 0.3) is 50.0 Å². The minimum absolute atomic E-state index is 0.406. The van der Waals surface area contributed by atoms with Crippen LogP contribution in [-0.2, 0) is 12.5 Å². The maximum atomic E-state index is 6.95. The molecule has 0 bridgehead atoms. The van der Waals surface area contributed by atoms with Crippen LogP contribution in [0.4, 0.5) is 0 Å². The molecule has 0 spiro atoms. The minimum atomic E-state index is -0.406. The average molecular weight is 599 g/mol.